The molecule has 2 aromatic rings. The Morgan fingerprint density at radius 2 is 2.04 bits per heavy atom. The van der Waals surface area contributed by atoms with Crippen LogP contribution in [0.4, 0.5) is 15.1 Å². The molecule has 11 heteroatoms. The molecule has 2 aromatic heterocycles. The van der Waals surface area contributed by atoms with Crippen LogP contribution < -0.4 is 21.7 Å². The van der Waals surface area contributed by atoms with Gasteiger partial charge in [-0.15, -0.1) is 22.7 Å². The van der Waals surface area contributed by atoms with Gasteiger partial charge in [-0.1, -0.05) is 0 Å². The molecule has 0 saturated carbocycles. The van der Waals surface area contributed by atoms with Gasteiger partial charge >= 0.3 is 6.03 Å². The summed E-state index contributed by atoms with van der Waals surface area (Å²) in [5.41, 5.74) is 7.06. The molecule has 0 aliphatic heterocycles. The van der Waals surface area contributed by atoms with Crippen molar-refractivity contribution in [2.75, 3.05) is 22.9 Å². The number of guanidine groups is 1. The first-order valence-electron chi connectivity index (χ1n) is 6.63. The van der Waals surface area contributed by atoms with E-state index >= 15 is 0 Å². The van der Waals surface area contributed by atoms with E-state index in [-0.39, 0.29) is 12.0 Å². The van der Waals surface area contributed by atoms with Gasteiger partial charge in [0.05, 0.1) is 11.4 Å². The minimum Gasteiger partial charge on any atom is -0.370 e. The number of carbonyl (C=O) groups excluding carboxylic acids is 1. The van der Waals surface area contributed by atoms with E-state index < -0.39 is 0 Å². The molecule has 124 valence electrons. The maximum Gasteiger partial charge on any atom is 0.321 e. The van der Waals surface area contributed by atoms with Gasteiger partial charge in [-0.25, -0.2) is 14.8 Å². The molecule has 0 radical (unpaired) electrons. The zero-order chi connectivity index (χ0) is 16.7. The van der Waals surface area contributed by atoms with Crippen LogP contribution in [0.3, 0.4) is 0 Å². The predicted octanol–water partition coefficient (Wildman–Crippen LogP) is 2.27. The molecule has 0 atom stereocenters. The molecule has 0 aromatic carbocycles. The normalized spacial score (nSPS) is 10.3. The van der Waals surface area contributed by atoms with Crippen molar-refractivity contribution in [3.8, 4) is 0 Å². The fourth-order valence-electron chi connectivity index (χ4n) is 1.51. The average Bonchev–Trinajstić information content (AvgIpc) is 3.07. The number of thioether (sulfide) groups is 1. The third-order valence-corrected chi connectivity index (χ3v) is 5.09. The van der Waals surface area contributed by atoms with E-state index in [1.807, 2.05) is 17.7 Å². The van der Waals surface area contributed by atoms with Gasteiger partial charge in [-0.2, -0.15) is 11.8 Å². The average molecular weight is 372 g/mol. The number of amides is 2. The fourth-order valence-corrected chi connectivity index (χ4v) is 3.77. The molecule has 8 nitrogen and oxygen atoms in total. The number of nitrogens with zero attached hydrogens (tertiary/aromatic N) is 2. The Hall–Kier alpha value is -1.85. The maximum absolute atomic E-state index is 11.6. The maximum atomic E-state index is 11.6. The second-order valence-electron chi connectivity index (χ2n) is 4.41. The van der Waals surface area contributed by atoms with Crippen molar-refractivity contribution in [1.82, 2.24) is 15.3 Å². The van der Waals surface area contributed by atoms with Gasteiger partial charge in [-0.05, 0) is 6.92 Å². The van der Waals surface area contributed by atoms with Gasteiger partial charge in [-0.3, -0.25) is 10.7 Å². The minimum absolute atomic E-state index is 0.121. The number of anilines is 2. The number of aromatic nitrogens is 2. The first kappa shape index (κ1) is 17.5. The molecule has 0 aliphatic rings. The third kappa shape index (κ3) is 6.42. The minimum atomic E-state index is -0.249. The summed E-state index contributed by atoms with van der Waals surface area (Å²) < 4.78 is 0. The lowest BCUT2D eigenvalue weighted by Gasteiger charge is -2.04. The van der Waals surface area contributed by atoms with E-state index in [9.17, 15) is 4.79 Å². The molecule has 0 spiro atoms. The lowest BCUT2D eigenvalue weighted by molar-refractivity contribution is 0.252. The van der Waals surface area contributed by atoms with Crippen molar-refractivity contribution < 1.29 is 4.79 Å². The fraction of sp³-hybridized carbons (Fsp3) is 0.333. The standard InChI is InChI=1S/C12H17N7OS3/c1-7-4-22-11(16-7)19-10(20)15-2-3-21-5-8-6-23-12(17-8)18-9(13)14/h4,6H,2-3,5H2,1H3,(H4,13,14,17,18)(H2,15,16,19,20). The molecule has 0 fully saturated rings. The number of hydrogen-bond donors (Lipinski definition) is 5. The van der Waals surface area contributed by atoms with Gasteiger partial charge in [0.15, 0.2) is 16.2 Å². The second-order valence-corrected chi connectivity index (χ2v) is 7.23. The second kappa shape index (κ2) is 8.70. The predicted molar refractivity (Wildman–Crippen MR) is 97.7 cm³/mol. The summed E-state index contributed by atoms with van der Waals surface area (Å²) in [4.78, 5) is 20.1. The summed E-state index contributed by atoms with van der Waals surface area (Å²) in [6.45, 7) is 2.44. The van der Waals surface area contributed by atoms with Crippen LogP contribution in [0.2, 0.25) is 0 Å². The van der Waals surface area contributed by atoms with E-state index in [0.29, 0.717) is 16.8 Å². The van der Waals surface area contributed by atoms with Crippen molar-refractivity contribution in [3.63, 3.8) is 0 Å². The lowest BCUT2D eigenvalue weighted by Crippen LogP contribution is -2.30. The highest BCUT2D eigenvalue weighted by Gasteiger charge is 2.05. The van der Waals surface area contributed by atoms with Crippen LogP contribution in [0.15, 0.2) is 10.8 Å². The molecule has 0 saturated heterocycles. The number of nitrogens with two attached hydrogens (primary N) is 1. The topological polar surface area (TPSA) is 129 Å². The Morgan fingerprint density at radius 1 is 1.30 bits per heavy atom. The zero-order valence-corrected chi connectivity index (χ0v) is 14.8. The lowest BCUT2D eigenvalue weighted by atomic mass is 10.6. The number of rotatable bonds is 7. The first-order chi connectivity index (χ1) is 11.0. The van der Waals surface area contributed by atoms with Crippen LogP contribution in [0.25, 0.3) is 0 Å². The van der Waals surface area contributed by atoms with Crippen LogP contribution in [0, 0.1) is 12.3 Å². The Bertz CT molecular complexity index is 669. The molecule has 2 rings (SSSR count). The monoisotopic (exact) mass is 371 g/mol. The van der Waals surface area contributed by atoms with Crippen molar-refractivity contribution in [2.24, 2.45) is 5.73 Å². The molecule has 0 bridgehead atoms. The highest BCUT2D eigenvalue weighted by atomic mass is 32.2. The van der Waals surface area contributed by atoms with Gasteiger partial charge in [0.1, 0.15) is 0 Å². The van der Waals surface area contributed by atoms with Crippen LogP contribution in [-0.4, -0.2) is 34.3 Å². The third-order valence-electron chi connectivity index (χ3n) is 2.41. The van der Waals surface area contributed by atoms with E-state index in [0.717, 1.165) is 22.9 Å². The summed E-state index contributed by atoms with van der Waals surface area (Å²) in [6, 6.07) is -0.249. The van der Waals surface area contributed by atoms with Gasteiger partial charge < -0.3 is 16.4 Å². The van der Waals surface area contributed by atoms with Crippen LogP contribution in [-0.2, 0) is 5.75 Å². The number of hydrogen-bond acceptors (Lipinski definition) is 7. The first-order valence-corrected chi connectivity index (χ1v) is 9.54. The molecular formula is C12H17N7OS3. The van der Waals surface area contributed by atoms with Crippen molar-refractivity contribution in [2.45, 2.75) is 12.7 Å². The largest absolute Gasteiger partial charge is 0.370 e. The quantitative estimate of drug-likeness (QED) is 0.288. The summed E-state index contributed by atoms with van der Waals surface area (Å²) >= 11 is 4.47. The molecule has 2 amide bonds. The molecule has 6 N–H and O–H groups in total. The van der Waals surface area contributed by atoms with Gasteiger partial charge in [0.25, 0.3) is 0 Å². The Kier molecular flexibility index (Phi) is 6.62. The molecule has 23 heavy (non-hydrogen) atoms. The number of urea groups is 1. The van der Waals surface area contributed by atoms with Gasteiger partial charge in [0.2, 0.25) is 0 Å². The van der Waals surface area contributed by atoms with Crippen molar-refractivity contribution in [1.29, 1.82) is 5.41 Å². The molecule has 0 unspecified atom stereocenters. The summed E-state index contributed by atoms with van der Waals surface area (Å²) in [6.07, 6.45) is 0. The Morgan fingerprint density at radius 3 is 2.74 bits per heavy atom. The van der Waals surface area contributed by atoms with Crippen LogP contribution in [0.1, 0.15) is 11.4 Å². The summed E-state index contributed by atoms with van der Waals surface area (Å²) in [7, 11) is 0. The smallest absolute Gasteiger partial charge is 0.321 e. The van der Waals surface area contributed by atoms with E-state index in [4.69, 9.17) is 11.1 Å². The number of thiazole rings is 2. The van der Waals surface area contributed by atoms with E-state index in [2.05, 4.69) is 25.9 Å². The van der Waals surface area contributed by atoms with E-state index in [1.54, 1.807) is 11.8 Å². The van der Waals surface area contributed by atoms with Crippen molar-refractivity contribution in [3.05, 3.63) is 22.1 Å². The Labute approximate surface area is 145 Å². The SMILES string of the molecule is Cc1csc(NC(=O)NCCSCc2csc(NC(=N)N)n2)n1. The Balaban J connectivity index is 1.59. The summed E-state index contributed by atoms with van der Waals surface area (Å²) in [5, 5.41) is 20.3. The highest BCUT2D eigenvalue weighted by Crippen LogP contribution is 2.19. The molecule has 2 heterocycles. The zero-order valence-electron chi connectivity index (χ0n) is 12.4. The molecular weight excluding hydrogens is 354 g/mol. The van der Waals surface area contributed by atoms with Crippen molar-refractivity contribution >= 4 is 56.7 Å². The molecule has 0 aliphatic carbocycles. The highest BCUT2D eigenvalue weighted by molar-refractivity contribution is 7.98. The van der Waals surface area contributed by atoms with Crippen LogP contribution in [0.5, 0.6) is 0 Å². The van der Waals surface area contributed by atoms with Gasteiger partial charge in [0, 0.05) is 28.8 Å². The number of aryl methyl sites for hydroxylation is 1. The number of nitrogens with one attached hydrogen (secondary N) is 4. The number of carbonyl (C=O) groups is 1. The van der Waals surface area contributed by atoms with Crippen LogP contribution >= 0.6 is 34.4 Å². The summed E-state index contributed by atoms with van der Waals surface area (Å²) in [5.74, 6) is 1.40. The van der Waals surface area contributed by atoms with E-state index in [1.165, 1.54) is 22.7 Å².